The van der Waals surface area contributed by atoms with Crippen LogP contribution in [0.5, 0.6) is 0 Å². The van der Waals surface area contributed by atoms with E-state index in [0.717, 1.165) is 47.1 Å². The Labute approximate surface area is 184 Å². The molecular formula is C22H25FN4OS2. The van der Waals surface area contributed by atoms with Crippen LogP contribution in [0.3, 0.4) is 0 Å². The van der Waals surface area contributed by atoms with Crippen LogP contribution in [-0.2, 0) is 18.4 Å². The van der Waals surface area contributed by atoms with Crippen molar-refractivity contribution in [1.29, 1.82) is 0 Å². The number of hydrogen-bond donors (Lipinski definition) is 0. The van der Waals surface area contributed by atoms with Gasteiger partial charge >= 0.3 is 0 Å². The summed E-state index contributed by atoms with van der Waals surface area (Å²) in [7, 11) is 1.93. The Morgan fingerprint density at radius 2 is 1.97 bits per heavy atom. The molecule has 1 aliphatic rings. The van der Waals surface area contributed by atoms with Crippen molar-refractivity contribution < 1.29 is 9.18 Å². The van der Waals surface area contributed by atoms with Gasteiger partial charge in [0.05, 0.1) is 10.6 Å². The second kappa shape index (κ2) is 9.75. The molecule has 30 heavy (non-hydrogen) atoms. The third-order valence-corrected chi connectivity index (χ3v) is 7.37. The van der Waals surface area contributed by atoms with Crippen molar-refractivity contribution >= 4 is 29.0 Å². The van der Waals surface area contributed by atoms with Gasteiger partial charge in [0.2, 0.25) is 5.91 Å². The molecule has 0 saturated heterocycles. The first-order valence-electron chi connectivity index (χ1n) is 10.2. The molecule has 8 heteroatoms. The van der Waals surface area contributed by atoms with E-state index in [1.54, 1.807) is 23.5 Å². The fourth-order valence-electron chi connectivity index (χ4n) is 3.87. The maximum absolute atomic E-state index is 13.3. The standard InChI is InChI=1S/C22H25FN4OS2/c1-26-21(19-8-5-13-29-19)24-25-22(26)30-15-20(28)27(18-6-3-2-4-7-18)14-16-9-11-17(23)12-10-16/h5,8-13,18H,2-4,6-7,14-15H2,1H3. The van der Waals surface area contributed by atoms with Crippen molar-refractivity contribution in [2.45, 2.75) is 49.8 Å². The second-order valence-corrected chi connectivity index (χ2v) is 9.46. The molecule has 0 spiro atoms. The summed E-state index contributed by atoms with van der Waals surface area (Å²) in [5.74, 6) is 0.967. The molecule has 1 fully saturated rings. The van der Waals surface area contributed by atoms with Gasteiger partial charge in [-0.3, -0.25) is 4.79 Å². The highest BCUT2D eigenvalue weighted by Gasteiger charge is 2.26. The highest BCUT2D eigenvalue weighted by molar-refractivity contribution is 7.99. The molecule has 3 aromatic rings. The van der Waals surface area contributed by atoms with Crippen LogP contribution in [0.4, 0.5) is 4.39 Å². The van der Waals surface area contributed by atoms with Crippen LogP contribution in [-0.4, -0.2) is 37.4 Å². The monoisotopic (exact) mass is 444 g/mol. The molecule has 4 rings (SSSR count). The number of hydrogen-bond acceptors (Lipinski definition) is 5. The minimum Gasteiger partial charge on any atom is -0.335 e. The number of carbonyl (C=O) groups is 1. The molecule has 1 aliphatic carbocycles. The number of halogens is 1. The lowest BCUT2D eigenvalue weighted by Crippen LogP contribution is -2.42. The lowest BCUT2D eigenvalue weighted by Gasteiger charge is -2.34. The van der Waals surface area contributed by atoms with Crippen LogP contribution in [0.25, 0.3) is 10.7 Å². The van der Waals surface area contributed by atoms with E-state index >= 15 is 0 Å². The molecule has 0 N–H and O–H groups in total. The first-order valence-corrected chi connectivity index (χ1v) is 12.1. The van der Waals surface area contributed by atoms with Crippen LogP contribution in [0, 0.1) is 5.82 Å². The largest absolute Gasteiger partial charge is 0.335 e. The van der Waals surface area contributed by atoms with Crippen LogP contribution in [0.1, 0.15) is 37.7 Å². The first kappa shape index (κ1) is 21.1. The summed E-state index contributed by atoms with van der Waals surface area (Å²) in [6, 6.07) is 10.7. The summed E-state index contributed by atoms with van der Waals surface area (Å²) in [5.41, 5.74) is 0.957. The number of carbonyl (C=O) groups excluding carboxylic acids is 1. The zero-order valence-electron chi connectivity index (χ0n) is 17.0. The Morgan fingerprint density at radius 3 is 2.67 bits per heavy atom. The number of amides is 1. The molecule has 2 aromatic heterocycles. The fraction of sp³-hybridized carbons (Fsp3) is 0.409. The van der Waals surface area contributed by atoms with E-state index in [1.165, 1.54) is 30.3 Å². The fourth-order valence-corrected chi connectivity index (χ4v) is 5.41. The van der Waals surface area contributed by atoms with Crippen molar-refractivity contribution in [2.75, 3.05) is 5.75 Å². The number of thioether (sulfide) groups is 1. The number of nitrogens with zero attached hydrogens (tertiary/aromatic N) is 4. The van der Waals surface area contributed by atoms with Gasteiger partial charge in [-0.15, -0.1) is 21.5 Å². The number of rotatable bonds is 7. The number of benzene rings is 1. The zero-order chi connectivity index (χ0) is 20.9. The molecule has 0 radical (unpaired) electrons. The molecule has 2 heterocycles. The Balaban J connectivity index is 1.45. The maximum Gasteiger partial charge on any atom is 0.233 e. The molecule has 5 nitrogen and oxygen atoms in total. The molecule has 1 aromatic carbocycles. The third-order valence-electron chi connectivity index (χ3n) is 5.50. The van der Waals surface area contributed by atoms with Crippen molar-refractivity contribution in [3.8, 4) is 10.7 Å². The average Bonchev–Trinajstić information content (AvgIpc) is 3.42. The third kappa shape index (κ3) is 4.92. The predicted molar refractivity (Wildman–Crippen MR) is 119 cm³/mol. The van der Waals surface area contributed by atoms with Gasteiger partial charge in [-0.25, -0.2) is 4.39 Å². The number of aromatic nitrogens is 3. The second-order valence-electron chi connectivity index (χ2n) is 7.57. The predicted octanol–water partition coefficient (Wildman–Crippen LogP) is 5.14. The Kier molecular flexibility index (Phi) is 6.84. The summed E-state index contributed by atoms with van der Waals surface area (Å²) in [5, 5.41) is 11.3. The zero-order valence-corrected chi connectivity index (χ0v) is 18.6. The molecule has 0 unspecified atom stereocenters. The SMILES string of the molecule is Cn1c(SCC(=O)N(Cc2ccc(F)cc2)C2CCCCC2)nnc1-c1cccs1. The first-order chi connectivity index (χ1) is 14.6. The van der Waals surface area contributed by atoms with Gasteiger partial charge in [-0.1, -0.05) is 49.2 Å². The van der Waals surface area contributed by atoms with E-state index in [9.17, 15) is 9.18 Å². The Hall–Kier alpha value is -2.19. The lowest BCUT2D eigenvalue weighted by atomic mass is 9.94. The normalized spacial score (nSPS) is 14.7. The smallest absolute Gasteiger partial charge is 0.233 e. The molecule has 1 amide bonds. The van der Waals surface area contributed by atoms with Gasteiger partial charge in [0.25, 0.3) is 0 Å². The lowest BCUT2D eigenvalue weighted by molar-refractivity contribution is -0.132. The topological polar surface area (TPSA) is 51.0 Å². The van der Waals surface area contributed by atoms with E-state index in [-0.39, 0.29) is 17.8 Å². The molecule has 1 saturated carbocycles. The van der Waals surface area contributed by atoms with E-state index in [1.807, 2.05) is 34.0 Å². The maximum atomic E-state index is 13.3. The summed E-state index contributed by atoms with van der Waals surface area (Å²) >= 11 is 3.04. The number of thiophene rings is 1. The van der Waals surface area contributed by atoms with Crippen molar-refractivity contribution in [3.05, 3.63) is 53.2 Å². The summed E-state index contributed by atoms with van der Waals surface area (Å²) in [4.78, 5) is 16.3. The Bertz CT molecular complexity index is 966. The average molecular weight is 445 g/mol. The Morgan fingerprint density at radius 1 is 1.20 bits per heavy atom. The summed E-state index contributed by atoms with van der Waals surface area (Å²) in [6.07, 6.45) is 5.60. The minimum absolute atomic E-state index is 0.0944. The van der Waals surface area contributed by atoms with Crippen molar-refractivity contribution in [1.82, 2.24) is 19.7 Å². The van der Waals surface area contributed by atoms with Gasteiger partial charge in [-0.05, 0) is 42.0 Å². The van der Waals surface area contributed by atoms with E-state index in [4.69, 9.17) is 0 Å². The van der Waals surface area contributed by atoms with E-state index < -0.39 is 0 Å². The molecular weight excluding hydrogens is 419 g/mol. The van der Waals surface area contributed by atoms with E-state index in [0.29, 0.717) is 12.3 Å². The van der Waals surface area contributed by atoms with Gasteiger partial charge in [0.15, 0.2) is 11.0 Å². The molecule has 0 aliphatic heterocycles. The molecule has 0 bridgehead atoms. The van der Waals surface area contributed by atoms with Gasteiger partial charge in [-0.2, -0.15) is 0 Å². The van der Waals surface area contributed by atoms with Crippen LogP contribution >= 0.6 is 23.1 Å². The van der Waals surface area contributed by atoms with Crippen molar-refractivity contribution in [3.63, 3.8) is 0 Å². The quantitative estimate of drug-likeness (QED) is 0.474. The highest BCUT2D eigenvalue weighted by atomic mass is 32.2. The molecule has 158 valence electrons. The van der Waals surface area contributed by atoms with Gasteiger partial charge < -0.3 is 9.47 Å². The summed E-state index contributed by atoms with van der Waals surface area (Å²) in [6.45, 7) is 0.517. The minimum atomic E-state index is -0.256. The summed E-state index contributed by atoms with van der Waals surface area (Å²) < 4.78 is 15.2. The van der Waals surface area contributed by atoms with Gasteiger partial charge in [0.1, 0.15) is 5.82 Å². The van der Waals surface area contributed by atoms with Crippen LogP contribution < -0.4 is 0 Å². The highest BCUT2D eigenvalue weighted by Crippen LogP contribution is 2.28. The van der Waals surface area contributed by atoms with Gasteiger partial charge in [0, 0.05) is 19.6 Å². The van der Waals surface area contributed by atoms with Crippen molar-refractivity contribution in [2.24, 2.45) is 7.05 Å². The van der Waals surface area contributed by atoms with E-state index in [2.05, 4.69) is 10.2 Å². The van der Waals surface area contributed by atoms with Crippen LogP contribution in [0.15, 0.2) is 46.9 Å². The molecule has 0 atom stereocenters. The van der Waals surface area contributed by atoms with Crippen LogP contribution in [0.2, 0.25) is 0 Å².